The highest BCUT2D eigenvalue weighted by atomic mass is 16.5. The van der Waals surface area contributed by atoms with Gasteiger partial charge in [-0.3, -0.25) is 9.69 Å². The average Bonchev–Trinajstić information content (AvgIpc) is 3.32. The minimum Gasteiger partial charge on any atom is -0.383 e. The smallest absolute Gasteiger partial charge is 0.321 e. The maximum absolute atomic E-state index is 13.8. The van der Waals surface area contributed by atoms with Crippen LogP contribution in [0.2, 0.25) is 0 Å². The Morgan fingerprint density at radius 3 is 2.32 bits per heavy atom. The quantitative estimate of drug-likeness (QED) is 0.483. The second kappa shape index (κ2) is 12.8. The van der Waals surface area contributed by atoms with Crippen molar-refractivity contribution in [3.63, 3.8) is 0 Å². The van der Waals surface area contributed by atoms with Crippen LogP contribution in [0.4, 0.5) is 4.79 Å². The van der Waals surface area contributed by atoms with Crippen LogP contribution in [0.3, 0.4) is 0 Å². The van der Waals surface area contributed by atoms with Gasteiger partial charge in [-0.05, 0) is 48.9 Å². The number of likely N-dealkylation sites (tertiary alicyclic amines) is 1. The van der Waals surface area contributed by atoms with Crippen LogP contribution in [0.15, 0.2) is 54.6 Å². The zero-order chi connectivity index (χ0) is 26.3. The van der Waals surface area contributed by atoms with Crippen LogP contribution in [0, 0.1) is 0 Å². The summed E-state index contributed by atoms with van der Waals surface area (Å²) in [5, 5.41) is 2.87. The molecule has 2 saturated heterocycles. The molecule has 1 unspecified atom stereocenters. The number of nitrogens with zero attached hydrogens (tertiary/aromatic N) is 3. The van der Waals surface area contributed by atoms with Gasteiger partial charge in [0.05, 0.1) is 12.6 Å². The number of hydrogen-bond acceptors (Lipinski definition) is 4. The molecule has 2 heterocycles. The molecule has 3 amide bonds. The van der Waals surface area contributed by atoms with Crippen molar-refractivity contribution in [2.75, 3.05) is 39.9 Å². The second-order valence-corrected chi connectivity index (χ2v) is 11.0. The van der Waals surface area contributed by atoms with Crippen molar-refractivity contribution in [3.05, 3.63) is 71.3 Å². The van der Waals surface area contributed by atoms with Crippen molar-refractivity contribution in [2.45, 2.75) is 69.6 Å². The number of rotatable bonds is 9. The maximum Gasteiger partial charge on any atom is 0.321 e. The molecule has 1 saturated carbocycles. The van der Waals surface area contributed by atoms with E-state index in [1.54, 1.807) is 7.11 Å². The number of benzene rings is 2. The first-order chi connectivity index (χ1) is 18.6. The molecule has 38 heavy (non-hydrogen) atoms. The Morgan fingerprint density at radius 2 is 1.63 bits per heavy atom. The molecule has 7 nitrogen and oxygen atoms in total. The molecule has 3 fully saturated rings. The average molecular weight is 519 g/mol. The number of hydrogen-bond donors (Lipinski definition) is 1. The van der Waals surface area contributed by atoms with Gasteiger partial charge in [-0.25, -0.2) is 4.79 Å². The SMILES string of the molecule is COCCNC(=O)c1ccc(CN2CCC(N3C(=O)N(C4CCCCC4)CC3c3ccccc3)CC2)cc1. The van der Waals surface area contributed by atoms with Crippen LogP contribution in [0.5, 0.6) is 0 Å². The van der Waals surface area contributed by atoms with E-state index in [2.05, 4.69) is 62.5 Å². The Hall–Kier alpha value is -2.90. The number of carbonyl (C=O) groups excluding carboxylic acids is 2. The van der Waals surface area contributed by atoms with Crippen LogP contribution < -0.4 is 5.32 Å². The number of urea groups is 1. The molecule has 2 aromatic rings. The molecule has 1 N–H and O–H groups in total. The Morgan fingerprint density at radius 1 is 0.921 bits per heavy atom. The second-order valence-electron chi connectivity index (χ2n) is 11.0. The number of methoxy groups -OCH3 is 1. The highest BCUT2D eigenvalue weighted by Crippen LogP contribution is 2.38. The van der Waals surface area contributed by atoms with Crippen LogP contribution in [0.25, 0.3) is 0 Å². The van der Waals surface area contributed by atoms with Crippen molar-refractivity contribution in [1.82, 2.24) is 20.0 Å². The Kier molecular flexibility index (Phi) is 8.97. The van der Waals surface area contributed by atoms with Crippen molar-refractivity contribution in [1.29, 1.82) is 0 Å². The predicted molar refractivity (Wildman–Crippen MR) is 149 cm³/mol. The number of amides is 3. The van der Waals surface area contributed by atoms with E-state index in [1.165, 1.54) is 30.4 Å². The van der Waals surface area contributed by atoms with Gasteiger partial charge in [0.15, 0.2) is 0 Å². The fourth-order valence-electron chi connectivity index (χ4n) is 6.43. The Bertz CT molecular complexity index is 1050. The summed E-state index contributed by atoms with van der Waals surface area (Å²) < 4.78 is 4.99. The van der Waals surface area contributed by atoms with E-state index in [0.29, 0.717) is 24.8 Å². The van der Waals surface area contributed by atoms with E-state index in [-0.39, 0.29) is 24.0 Å². The number of nitrogens with one attached hydrogen (secondary N) is 1. The lowest BCUT2D eigenvalue weighted by Crippen LogP contribution is -2.48. The molecular weight excluding hydrogens is 476 g/mol. The van der Waals surface area contributed by atoms with Crippen molar-refractivity contribution in [2.24, 2.45) is 0 Å². The largest absolute Gasteiger partial charge is 0.383 e. The molecule has 3 aliphatic rings. The van der Waals surface area contributed by atoms with Gasteiger partial charge in [0, 0.05) is 57.5 Å². The third kappa shape index (κ3) is 6.21. The van der Waals surface area contributed by atoms with E-state index in [1.807, 2.05) is 12.1 Å². The van der Waals surface area contributed by atoms with Crippen molar-refractivity contribution in [3.8, 4) is 0 Å². The molecule has 2 aliphatic heterocycles. The lowest BCUT2D eigenvalue weighted by molar-refractivity contribution is 0.0936. The Balaban J connectivity index is 1.19. The van der Waals surface area contributed by atoms with Crippen LogP contribution in [-0.2, 0) is 11.3 Å². The monoisotopic (exact) mass is 518 g/mol. The molecule has 1 aliphatic carbocycles. The molecule has 204 valence electrons. The van der Waals surface area contributed by atoms with Gasteiger partial charge in [-0.2, -0.15) is 0 Å². The number of carbonyl (C=O) groups is 2. The molecule has 0 aromatic heterocycles. The van der Waals surface area contributed by atoms with Crippen LogP contribution >= 0.6 is 0 Å². The predicted octanol–water partition coefficient (Wildman–Crippen LogP) is 4.84. The highest BCUT2D eigenvalue weighted by Gasteiger charge is 2.45. The summed E-state index contributed by atoms with van der Waals surface area (Å²) in [6.45, 7) is 4.64. The lowest BCUT2D eigenvalue weighted by Gasteiger charge is -2.39. The van der Waals surface area contributed by atoms with Crippen LogP contribution in [0.1, 0.15) is 72.5 Å². The van der Waals surface area contributed by atoms with E-state index >= 15 is 0 Å². The molecule has 7 heteroatoms. The standard InChI is InChI=1S/C31H42N4O3/c1-38-21-18-32-30(36)26-14-12-24(13-15-26)22-33-19-16-28(17-20-33)35-29(25-8-4-2-5-9-25)23-34(31(35)37)27-10-6-3-7-11-27/h2,4-5,8-9,12-15,27-29H,3,6-7,10-11,16-23H2,1H3,(H,32,36). The van der Waals surface area contributed by atoms with Gasteiger partial charge in [0.2, 0.25) is 0 Å². The summed E-state index contributed by atoms with van der Waals surface area (Å²) in [5.74, 6) is -0.0695. The maximum atomic E-state index is 13.8. The third-order valence-corrected chi connectivity index (χ3v) is 8.54. The van der Waals surface area contributed by atoms with Gasteiger partial charge >= 0.3 is 6.03 Å². The molecular formula is C31H42N4O3. The van der Waals surface area contributed by atoms with Gasteiger partial charge in [0.1, 0.15) is 0 Å². The zero-order valence-corrected chi connectivity index (χ0v) is 22.7. The normalized spacial score (nSPS) is 21.7. The third-order valence-electron chi connectivity index (χ3n) is 8.54. The minimum absolute atomic E-state index is 0.0695. The fourth-order valence-corrected chi connectivity index (χ4v) is 6.43. The summed E-state index contributed by atoms with van der Waals surface area (Å²) in [7, 11) is 1.63. The topological polar surface area (TPSA) is 65.1 Å². The van der Waals surface area contributed by atoms with E-state index in [0.717, 1.165) is 51.9 Å². The number of ether oxygens (including phenoxy) is 1. The van der Waals surface area contributed by atoms with Crippen molar-refractivity contribution >= 4 is 11.9 Å². The first kappa shape index (κ1) is 26.7. The Labute approximate surface area is 227 Å². The van der Waals surface area contributed by atoms with Gasteiger partial charge in [-0.1, -0.05) is 61.7 Å². The van der Waals surface area contributed by atoms with Gasteiger partial charge in [0.25, 0.3) is 5.91 Å². The summed E-state index contributed by atoms with van der Waals surface area (Å²) >= 11 is 0. The van der Waals surface area contributed by atoms with E-state index < -0.39 is 0 Å². The molecule has 0 spiro atoms. The van der Waals surface area contributed by atoms with E-state index in [4.69, 9.17) is 4.74 Å². The van der Waals surface area contributed by atoms with Crippen molar-refractivity contribution < 1.29 is 14.3 Å². The lowest BCUT2D eigenvalue weighted by atomic mass is 9.94. The first-order valence-corrected chi connectivity index (χ1v) is 14.4. The van der Waals surface area contributed by atoms with Gasteiger partial charge in [-0.15, -0.1) is 0 Å². The molecule has 0 radical (unpaired) electrons. The zero-order valence-electron chi connectivity index (χ0n) is 22.7. The highest BCUT2D eigenvalue weighted by molar-refractivity contribution is 5.94. The minimum atomic E-state index is -0.0695. The fraction of sp³-hybridized carbons (Fsp3) is 0.548. The van der Waals surface area contributed by atoms with Crippen LogP contribution in [-0.4, -0.2) is 78.6 Å². The van der Waals surface area contributed by atoms with E-state index in [9.17, 15) is 9.59 Å². The number of piperidine rings is 1. The summed E-state index contributed by atoms with van der Waals surface area (Å²) in [6.07, 6.45) is 8.05. The molecule has 0 bridgehead atoms. The molecule has 5 rings (SSSR count). The van der Waals surface area contributed by atoms with Gasteiger partial charge < -0.3 is 19.9 Å². The summed E-state index contributed by atoms with van der Waals surface area (Å²) in [6, 6.07) is 19.6. The summed E-state index contributed by atoms with van der Waals surface area (Å²) in [4.78, 5) is 33.0. The molecule has 1 atom stereocenters. The molecule has 2 aromatic carbocycles. The summed E-state index contributed by atoms with van der Waals surface area (Å²) in [5.41, 5.74) is 3.14. The first-order valence-electron chi connectivity index (χ1n) is 14.4.